The Morgan fingerprint density at radius 3 is 2.71 bits per heavy atom. The van der Waals surface area contributed by atoms with Crippen molar-refractivity contribution in [2.24, 2.45) is 0 Å². The molecule has 2 aromatic rings. The van der Waals surface area contributed by atoms with Crippen molar-refractivity contribution in [2.75, 3.05) is 0 Å². The highest BCUT2D eigenvalue weighted by atomic mass is 35.5. The number of benzene rings is 1. The number of hydrogen-bond donors (Lipinski definition) is 1. The summed E-state index contributed by atoms with van der Waals surface area (Å²) in [6.45, 7) is 0.525. The first-order valence-electron chi connectivity index (χ1n) is 4.20. The molecule has 0 radical (unpaired) electrons. The Morgan fingerprint density at radius 1 is 1.29 bits per heavy atom. The number of H-pyrrole nitrogens is 1. The fraction of sp³-hybridized carbons (Fsp3) is 0.100. The minimum Gasteiger partial charge on any atom is -0.486 e. The lowest BCUT2D eigenvalue weighted by molar-refractivity contribution is 0.306. The normalized spacial score (nSPS) is 10.1. The number of halogens is 1. The fourth-order valence-corrected chi connectivity index (χ4v) is 1.19. The quantitative estimate of drug-likeness (QED) is 0.842. The van der Waals surface area contributed by atoms with Gasteiger partial charge in [-0.25, -0.2) is 0 Å². The molecule has 0 atom stereocenters. The number of aromatic nitrogens is 2. The summed E-state index contributed by atoms with van der Waals surface area (Å²) in [6, 6.07) is 7.55. The van der Waals surface area contributed by atoms with Gasteiger partial charge in [0.25, 0.3) is 0 Å². The average Bonchev–Trinajstić information content (AvgIpc) is 2.70. The fourth-order valence-electron chi connectivity index (χ4n) is 1.07. The second kappa shape index (κ2) is 4.15. The van der Waals surface area contributed by atoms with Gasteiger partial charge in [-0.3, -0.25) is 5.10 Å². The Balaban J connectivity index is 1.95. The summed E-state index contributed by atoms with van der Waals surface area (Å²) in [5.74, 6) is 0.736. The van der Waals surface area contributed by atoms with Crippen LogP contribution in [0.3, 0.4) is 0 Å². The van der Waals surface area contributed by atoms with Gasteiger partial charge >= 0.3 is 0 Å². The van der Waals surface area contributed by atoms with Crippen molar-refractivity contribution in [3.05, 3.63) is 47.2 Å². The maximum absolute atomic E-state index is 5.76. The Hall–Kier alpha value is -1.48. The van der Waals surface area contributed by atoms with Crippen molar-refractivity contribution in [3.8, 4) is 5.75 Å². The zero-order valence-electron chi connectivity index (χ0n) is 7.40. The SMILES string of the molecule is Clc1ccc(COc2cn[nH]c2)cc1. The van der Waals surface area contributed by atoms with Crippen molar-refractivity contribution in [1.29, 1.82) is 0 Å². The zero-order valence-corrected chi connectivity index (χ0v) is 8.16. The smallest absolute Gasteiger partial charge is 0.157 e. The van der Waals surface area contributed by atoms with Gasteiger partial charge in [-0.2, -0.15) is 5.10 Å². The summed E-state index contributed by atoms with van der Waals surface area (Å²) in [4.78, 5) is 0. The average molecular weight is 209 g/mol. The molecule has 0 bridgehead atoms. The van der Waals surface area contributed by atoms with Crippen LogP contribution >= 0.6 is 11.6 Å². The topological polar surface area (TPSA) is 37.9 Å². The van der Waals surface area contributed by atoms with Gasteiger partial charge in [-0.1, -0.05) is 23.7 Å². The maximum atomic E-state index is 5.76. The van der Waals surface area contributed by atoms with Crippen LogP contribution in [0.15, 0.2) is 36.7 Å². The molecule has 3 nitrogen and oxygen atoms in total. The molecule has 14 heavy (non-hydrogen) atoms. The molecule has 4 heteroatoms. The summed E-state index contributed by atoms with van der Waals surface area (Å²) in [6.07, 6.45) is 3.34. The summed E-state index contributed by atoms with van der Waals surface area (Å²) in [7, 11) is 0. The van der Waals surface area contributed by atoms with Crippen LogP contribution in [0.2, 0.25) is 5.02 Å². The van der Waals surface area contributed by atoms with Gasteiger partial charge < -0.3 is 4.74 Å². The Bertz CT molecular complexity index is 383. The summed E-state index contributed by atoms with van der Waals surface area (Å²) in [5, 5.41) is 7.19. The van der Waals surface area contributed by atoms with Crippen molar-refractivity contribution < 1.29 is 4.74 Å². The molecule has 0 amide bonds. The van der Waals surface area contributed by atoms with Crippen LogP contribution in [0.5, 0.6) is 5.75 Å². The molecular weight excluding hydrogens is 200 g/mol. The molecule has 0 aliphatic heterocycles. The number of ether oxygens (including phenoxy) is 1. The monoisotopic (exact) mass is 208 g/mol. The number of nitrogens with zero attached hydrogens (tertiary/aromatic N) is 1. The van der Waals surface area contributed by atoms with E-state index in [2.05, 4.69) is 10.2 Å². The molecule has 0 aliphatic carbocycles. The molecule has 0 saturated heterocycles. The molecule has 1 aromatic carbocycles. The highest BCUT2D eigenvalue weighted by Crippen LogP contribution is 2.12. The van der Waals surface area contributed by atoms with E-state index in [9.17, 15) is 0 Å². The lowest BCUT2D eigenvalue weighted by Crippen LogP contribution is -1.93. The number of rotatable bonds is 3. The van der Waals surface area contributed by atoms with Gasteiger partial charge in [-0.05, 0) is 17.7 Å². The first-order valence-corrected chi connectivity index (χ1v) is 4.58. The van der Waals surface area contributed by atoms with E-state index in [1.165, 1.54) is 0 Å². The van der Waals surface area contributed by atoms with Crippen LogP contribution in [0.1, 0.15) is 5.56 Å². The third-order valence-electron chi connectivity index (χ3n) is 1.79. The van der Waals surface area contributed by atoms with Gasteiger partial charge in [0, 0.05) is 5.02 Å². The largest absolute Gasteiger partial charge is 0.486 e. The predicted molar refractivity (Wildman–Crippen MR) is 54.4 cm³/mol. The van der Waals surface area contributed by atoms with Crippen LogP contribution in [0.25, 0.3) is 0 Å². The number of hydrogen-bond acceptors (Lipinski definition) is 2. The highest BCUT2D eigenvalue weighted by Gasteiger charge is 1.96. The third kappa shape index (κ3) is 2.26. The van der Waals surface area contributed by atoms with Crippen molar-refractivity contribution >= 4 is 11.6 Å². The molecule has 72 valence electrons. The van der Waals surface area contributed by atoms with Crippen molar-refractivity contribution in [3.63, 3.8) is 0 Å². The summed E-state index contributed by atoms with van der Waals surface area (Å²) in [5.41, 5.74) is 1.08. The van der Waals surface area contributed by atoms with Crippen LogP contribution < -0.4 is 4.74 Å². The Labute approximate surface area is 86.7 Å². The maximum Gasteiger partial charge on any atom is 0.157 e. The number of aromatic amines is 1. The van der Waals surface area contributed by atoms with Crippen molar-refractivity contribution in [1.82, 2.24) is 10.2 Å². The summed E-state index contributed by atoms with van der Waals surface area (Å²) >= 11 is 5.76. The summed E-state index contributed by atoms with van der Waals surface area (Å²) < 4.78 is 5.44. The van der Waals surface area contributed by atoms with E-state index in [-0.39, 0.29) is 0 Å². The lowest BCUT2D eigenvalue weighted by Gasteiger charge is -2.02. The van der Waals surface area contributed by atoms with E-state index < -0.39 is 0 Å². The van der Waals surface area contributed by atoms with E-state index in [0.717, 1.165) is 16.3 Å². The van der Waals surface area contributed by atoms with Gasteiger partial charge in [0.05, 0.1) is 12.4 Å². The molecule has 0 unspecified atom stereocenters. The standard InChI is InChI=1S/C10H9ClN2O/c11-9-3-1-8(2-4-9)7-14-10-5-12-13-6-10/h1-6H,7H2,(H,12,13). The van der Waals surface area contributed by atoms with E-state index in [4.69, 9.17) is 16.3 Å². The van der Waals surface area contributed by atoms with E-state index in [1.807, 2.05) is 24.3 Å². The second-order valence-corrected chi connectivity index (χ2v) is 3.29. The Morgan fingerprint density at radius 2 is 2.07 bits per heavy atom. The van der Waals surface area contributed by atoms with E-state index in [0.29, 0.717) is 6.61 Å². The van der Waals surface area contributed by atoms with Crippen molar-refractivity contribution in [2.45, 2.75) is 6.61 Å². The minimum atomic E-state index is 0.525. The molecule has 1 N–H and O–H groups in total. The first-order chi connectivity index (χ1) is 6.84. The third-order valence-corrected chi connectivity index (χ3v) is 2.04. The lowest BCUT2D eigenvalue weighted by atomic mass is 10.2. The van der Waals surface area contributed by atoms with Gasteiger partial charge in [0.2, 0.25) is 0 Å². The molecule has 0 spiro atoms. The molecule has 0 aliphatic rings. The predicted octanol–water partition coefficient (Wildman–Crippen LogP) is 2.64. The number of nitrogens with one attached hydrogen (secondary N) is 1. The van der Waals surface area contributed by atoms with Gasteiger partial charge in [0.1, 0.15) is 6.61 Å². The van der Waals surface area contributed by atoms with Crippen LogP contribution in [0.4, 0.5) is 0 Å². The van der Waals surface area contributed by atoms with Gasteiger partial charge in [0.15, 0.2) is 5.75 Å². The highest BCUT2D eigenvalue weighted by molar-refractivity contribution is 6.30. The molecule has 0 fully saturated rings. The van der Waals surface area contributed by atoms with E-state index >= 15 is 0 Å². The van der Waals surface area contributed by atoms with Crippen LogP contribution in [-0.4, -0.2) is 10.2 Å². The van der Waals surface area contributed by atoms with Gasteiger partial charge in [-0.15, -0.1) is 0 Å². The first kappa shape index (κ1) is 9.09. The Kier molecular flexibility index (Phi) is 2.70. The second-order valence-electron chi connectivity index (χ2n) is 2.85. The molecule has 2 rings (SSSR count). The molecular formula is C10H9ClN2O. The molecule has 1 aromatic heterocycles. The molecule has 1 heterocycles. The van der Waals surface area contributed by atoms with Crippen LogP contribution in [-0.2, 0) is 6.61 Å². The minimum absolute atomic E-state index is 0.525. The van der Waals surface area contributed by atoms with Crippen LogP contribution in [0, 0.1) is 0 Å². The zero-order chi connectivity index (χ0) is 9.80. The molecule has 0 saturated carbocycles. The van der Waals surface area contributed by atoms with E-state index in [1.54, 1.807) is 12.4 Å².